The van der Waals surface area contributed by atoms with Crippen molar-refractivity contribution < 1.29 is 9.53 Å². The molecule has 2 aromatic rings. The van der Waals surface area contributed by atoms with E-state index < -0.39 is 0 Å². The summed E-state index contributed by atoms with van der Waals surface area (Å²) < 4.78 is 5.33. The average molecular weight is 330 g/mol. The van der Waals surface area contributed by atoms with Gasteiger partial charge in [-0.05, 0) is 17.5 Å². The third kappa shape index (κ3) is 4.12. The predicted molar refractivity (Wildman–Crippen MR) is 92.9 cm³/mol. The second-order valence-electron chi connectivity index (χ2n) is 5.72. The van der Waals surface area contributed by atoms with Crippen LogP contribution >= 0.6 is 11.3 Å². The molecule has 0 bridgehead atoms. The lowest BCUT2D eigenvalue weighted by Gasteiger charge is -2.34. The van der Waals surface area contributed by atoms with Crippen molar-refractivity contribution in [1.82, 2.24) is 9.80 Å². The minimum atomic E-state index is 0.185. The van der Waals surface area contributed by atoms with Crippen molar-refractivity contribution in [3.8, 4) is 5.75 Å². The van der Waals surface area contributed by atoms with E-state index in [9.17, 15) is 4.79 Å². The van der Waals surface area contributed by atoms with Gasteiger partial charge in [0.05, 0.1) is 13.5 Å². The van der Waals surface area contributed by atoms with E-state index in [-0.39, 0.29) is 5.91 Å². The van der Waals surface area contributed by atoms with E-state index in [1.165, 1.54) is 4.88 Å². The summed E-state index contributed by atoms with van der Waals surface area (Å²) in [5.74, 6) is 0.974. The Balaban J connectivity index is 1.52. The van der Waals surface area contributed by atoms with Crippen LogP contribution in [0, 0.1) is 0 Å². The second kappa shape index (κ2) is 7.62. The summed E-state index contributed by atoms with van der Waals surface area (Å²) >= 11 is 1.79. The molecule has 3 rings (SSSR count). The van der Waals surface area contributed by atoms with E-state index >= 15 is 0 Å². The number of hydrogen-bond acceptors (Lipinski definition) is 4. The molecule has 5 heteroatoms. The van der Waals surface area contributed by atoms with E-state index in [0.29, 0.717) is 6.42 Å². The van der Waals surface area contributed by atoms with Crippen LogP contribution in [0.5, 0.6) is 5.75 Å². The maximum absolute atomic E-state index is 12.5. The molecule has 23 heavy (non-hydrogen) atoms. The molecule has 1 amide bonds. The van der Waals surface area contributed by atoms with Gasteiger partial charge in [0.25, 0.3) is 0 Å². The Bertz CT molecular complexity index is 634. The van der Waals surface area contributed by atoms with Gasteiger partial charge in [0.2, 0.25) is 5.91 Å². The summed E-state index contributed by atoms with van der Waals surface area (Å²) in [7, 11) is 1.65. The van der Waals surface area contributed by atoms with Gasteiger partial charge in [-0.2, -0.15) is 0 Å². The fourth-order valence-electron chi connectivity index (χ4n) is 2.90. The lowest BCUT2D eigenvalue weighted by atomic mass is 10.1. The Morgan fingerprint density at radius 2 is 1.91 bits per heavy atom. The predicted octanol–water partition coefficient (Wildman–Crippen LogP) is 2.64. The van der Waals surface area contributed by atoms with Gasteiger partial charge in [-0.15, -0.1) is 11.3 Å². The van der Waals surface area contributed by atoms with Crippen molar-refractivity contribution >= 4 is 17.2 Å². The summed E-state index contributed by atoms with van der Waals surface area (Å²) in [6.45, 7) is 4.48. The number of para-hydroxylation sites is 1. The fourth-order valence-corrected chi connectivity index (χ4v) is 3.65. The summed E-state index contributed by atoms with van der Waals surface area (Å²) in [6.07, 6.45) is 0.412. The van der Waals surface area contributed by atoms with Gasteiger partial charge >= 0.3 is 0 Å². The molecule has 1 aromatic heterocycles. The number of hydrogen-bond donors (Lipinski definition) is 0. The smallest absolute Gasteiger partial charge is 0.227 e. The van der Waals surface area contributed by atoms with Crippen molar-refractivity contribution in [1.29, 1.82) is 0 Å². The second-order valence-corrected chi connectivity index (χ2v) is 6.76. The molecule has 0 atom stereocenters. The third-order valence-electron chi connectivity index (χ3n) is 4.22. The first-order chi connectivity index (χ1) is 11.3. The minimum absolute atomic E-state index is 0.185. The van der Waals surface area contributed by atoms with Gasteiger partial charge in [-0.1, -0.05) is 24.3 Å². The zero-order valence-electron chi connectivity index (χ0n) is 13.4. The largest absolute Gasteiger partial charge is 0.496 e. The first-order valence-corrected chi connectivity index (χ1v) is 8.78. The van der Waals surface area contributed by atoms with Crippen LogP contribution in [-0.2, 0) is 17.8 Å². The number of carbonyl (C=O) groups excluding carboxylic acids is 1. The van der Waals surface area contributed by atoms with Crippen LogP contribution in [0.25, 0.3) is 0 Å². The normalized spacial score (nSPS) is 15.6. The summed E-state index contributed by atoms with van der Waals surface area (Å²) in [6, 6.07) is 12.0. The molecule has 2 heterocycles. The van der Waals surface area contributed by atoms with Crippen LogP contribution in [-0.4, -0.2) is 49.0 Å². The maximum atomic E-state index is 12.5. The van der Waals surface area contributed by atoms with E-state index in [4.69, 9.17) is 4.74 Å². The van der Waals surface area contributed by atoms with E-state index in [1.54, 1.807) is 18.4 Å². The van der Waals surface area contributed by atoms with Gasteiger partial charge < -0.3 is 9.64 Å². The van der Waals surface area contributed by atoms with Crippen LogP contribution in [0.1, 0.15) is 10.4 Å². The Morgan fingerprint density at radius 3 is 2.61 bits per heavy atom. The van der Waals surface area contributed by atoms with Crippen molar-refractivity contribution in [3.63, 3.8) is 0 Å². The van der Waals surface area contributed by atoms with E-state index in [2.05, 4.69) is 22.4 Å². The molecule has 1 aromatic carbocycles. The molecule has 122 valence electrons. The molecule has 1 fully saturated rings. The minimum Gasteiger partial charge on any atom is -0.496 e. The average Bonchev–Trinajstić information content (AvgIpc) is 3.09. The molecule has 0 radical (unpaired) electrons. The Labute approximate surface area is 141 Å². The third-order valence-corrected chi connectivity index (χ3v) is 5.08. The summed E-state index contributed by atoms with van der Waals surface area (Å²) in [5.41, 5.74) is 0.959. The number of ether oxygens (including phenoxy) is 1. The lowest BCUT2D eigenvalue weighted by molar-refractivity contribution is -0.132. The molecule has 0 unspecified atom stereocenters. The van der Waals surface area contributed by atoms with Crippen LogP contribution in [0.15, 0.2) is 41.8 Å². The monoisotopic (exact) mass is 330 g/mol. The quantitative estimate of drug-likeness (QED) is 0.845. The number of nitrogens with zero attached hydrogens (tertiary/aromatic N) is 2. The summed E-state index contributed by atoms with van der Waals surface area (Å²) in [5, 5.41) is 2.11. The van der Waals surface area contributed by atoms with Crippen molar-refractivity contribution in [2.45, 2.75) is 13.0 Å². The summed E-state index contributed by atoms with van der Waals surface area (Å²) in [4.78, 5) is 18.3. The number of thiophene rings is 1. The molecule has 4 nitrogen and oxygen atoms in total. The molecular formula is C18H22N2O2S. The van der Waals surface area contributed by atoms with E-state index in [0.717, 1.165) is 44.0 Å². The standard InChI is InChI=1S/C18H22N2O2S/c1-22-17-7-3-2-5-15(17)13-18(21)20-10-8-19(9-11-20)14-16-6-4-12-23-16/h2-7,12H,8-11,13-14H2,1H3. The maximum Gasteiger partial charge on any atom is 0.227 e. The zero-order valence-corrected chi connectivity index (χ0v) is 14.2. The first kappa shape index (κ1) is 16.0. The van der Waals surface area contributed by atoms with Gasteiger partial charge in [0, 0.05) is 43.2 Å². The van der Waals surface area contributed by atoms with Crippen LogP contribution < -0.4 is 4.74 Å². The Kier molecular flexibility index (Phi) is 5.31. The SMILES string of the molecule is COc1ccccc1CC(=O)N1CCN(Cc2cccs2)CC1. The highest BCUT2D eigenvalue weighted by molar-refractivity contribution is 7.09. The van der Waals surface area contributed by atoms with Crippen molar-refractivity contribution in [3.05, 3.63) is 52.2 Å². The van der Waals surface area contributed by atoms with Crippen LogP contribution in [0.4, 0.5) is 0 Å². The number of piperazine rings is 1. The molecule has 1 aliphatic rings. The van der Waals surface area contributed by atoms with Crippen molar-refractivity contribution in [2.75, 3.05) is 33.3 Å². The topological polar surface area (TPSA) is 32.8 Å². The number of benzene rings is 1. The van der Waals surface area contributed by atoms with E-state index in [1.807, 2.05) is 29.2 Å². The highest BCUT2D eigenvalue weighted by Crippen LogP contribution is 2.19. The molecule has 0 spiro atoms. The van der Waals surface area contributed by atoms with Crippen LogP contribution in [0.3, 0.4) is 0 Å². The Hall–Kier alpha value is -1.85. The lowest BCUT2D eigenvalue weighted by Crippen LogP contribution is -2.48. The molecular weight excluding hydrogens is 308 g/mol. The van der Waals surface area contributed by atoms with Crippen molar-refractivity contribution in [2.24, 2.45) is 0 Å². The van der Waals surface area contributed by atoms with Gasteiger partial charge in [0.1, 0.15) is 5.75 Å². The molecule has 0 saturated carbocycles. The zero-order chi connectivity index (χ0) is 16.1. The number of carbonyl (C=O) groups is 1. The van der Waals surface area contributed by atoms with Gasteiger partial charge in [-0.3, -0.25) is 9.69 Å². The number of methoxy groups -OCH3 is 1. The number of amides is 1. The molecule has 1 aliphatic heterocycles. The highest BCUT2D eigenvalue weighted by atomic mass is 32.1. The van der Waals surface area contributed by atoms with Crippen LogP contribution in [0.2, 0.25) is 0 Å². The Morgan fingerprint density at radius 1 is 1.13 bits per heavy atom. The fraction of sp³-hybridized carbons (Fsp3) is 0.389. The first-order valence-electron chi connectivity index (χ1n) is 7.90. The number of rotatable bonds is 5. The van der Waals surface area contributed by atoms with Gasteiger partial charge in [-0.25, -0.2) is 0 Å². The molecule has 0 aliphatic carbocycles. The molecule has 1 saturated heterocycles. The van der Waals surface area contributed by atoms with Gasteiger partial charge in [0.15, 0.2) is 0 Å². The highest BCUT2D eigenvalue weighted by Gasteiger charge is 2.22. The molecule has 0 N–H and O–H groups in total.